The Morgan fingerprint density at radius 3 is 2.33 bits per heavy atom. The molecule has 0 unspecified atom stereocenters. The van der Waals surface area contributed by atoms with Crippen LogP contribution in [0.3, 0.4) is 0 Å². The second kappa shape index (κ2) is 10.6. The molecule has 4 rings (SSSR count). The van der Waals surface area contributed by atoms with E-state index in [-0.39, 0.29) is 16.7 Å². The molecule has 1 fully saturated rings. The Labute approximate surface area is 212 Å². The summed E-state index contributed by atoms with van der Waals surface area (Å²) >= 11 is 0. The van der Waals surface area contributed by atoms with Crippen molar-refractivity contribution in [3.63, 3.8) is 0 Å². The summed E-state index contributed by atoms with van der Waals surface area (Å²) in [5, 5.41) is 8.14. The van der Waals surface area contributed by atoms with Crippen LogP contribution >= 0.6 is 0 Å². The molecule has 188 valence electrons. The smallest absolute Gasteiger partial charge is 0.251 e. The SMILES string of the molecule is C=CC(=O)NC1(C)CCN(S(=O)(=O)c2ccc(C(=O)NCCc3ccc4ccccc4c3)cc2)CC1. The number of hydrogen-bond donors (Lipinski definition) is 2. The van der Waals surface area contributed by atoms with E-state index in [1.54, 1.807) is 0 Å². The highest BCUT2D eigenvalue weighted by Gasteiger charge is 2.36. The third-order valence-corrected chi connectivity index (χ3v) is 8.62. The molecular weight excluding hydrogens is 474 g/mol. The minimum Gasteiger partial charge on any atom is -0.352 e. The maximum absolute atomic E-state index is 13.1. The van der Waals surface area contributed by atoms with Gasteiger partial charge in [-0.3, -0.25) is 9.59 Å². The van der Waals surface area contributed by atoms with Gasteiger partial charge in [-0.1, -0.05) is 49.0 Å². The maximum atomic E-state index is 13.1. The van der Waals surface area contributed by atoms with Crippen molar-refractivity contribution in [2.24, 2.45) is 0 Å². The predicted molar refractivity (Wildman–Crippen MR) is 141 cm³/mol. The predicted octanol–water partition coefficient (Wildman–Crippen LogP) is 3.66. The number of nitrogens with one attached hydrogen (secondary N) is 2. The maximum Gasteiger partial charge on any atom is 0.251 e. The molecule has 1 saturated heterocycles. The monoisotopic (exact) mass is 505 g/mol. The fraction of sp³-hybridized carbons (Fsp3) is 0.286. The molecule has 3 aromatic rings. The number of sulfonamides is 1. The van der Waals surface area contributed by atoms with Crippen LogP contribution in [0.25, 0.3) is 10.8 Å². The van der Waals surface area contributed by atoms with E-state index in [0.717, 1.165) is 10.9 Å². The fourth-order valence-electron chi connectivity index (χ4n) is 4.44. The number of fused-ring (bicyclic) bond motifs is 1. The van der Waals surface area contributed by atoms with E-state index in [1.165, 1.54) is 40.0 Å². The van der Waals surface area contributed by atoms with Gasteiger partial charge < -0.3 is 10.6 Å². The summed E-state index contributed by atoms with van der Waals surface area (Å²) in [6, 6.07) is 20.4. The number of benzene rings is 3. The normalized spacial score (nSPS) is 15.8. The molecule has 0 saturated carbocycles. The van der Waals surface area contributed by atoms with Crippen molar-refractivity contribution >= 4 is 32.6 Å². The Morgan fingerprint density at radius 2 is 1.67 bits per heavy atom. The Bertz CT molecular complexity index is 1380. The lowest BCUT2D eigenvalue weighted by Crippen LogP contribution is -2.53. The van der Waals surface area contributed by atoms with Crippen LogP contribution in [0.4, 0.5) is 0 Å². The molecule has 0 spiro atoms. The number of carbonyl (C=O) groups is 2. The van der Waals surface area contributed by atoms with Crippen molar-refractivity contribution in [1.29, 1.82) is 0 Å². The number of rotatable bonds is 8. The van der Waals surface area contributed by atoms with Crippen LogP contribution in [-0.2, 0) is 21.2 Å². The summed E-state index contributed by atoms with van der Waals surface area (Å²) in [7, 11) is -3.69. The summed E-state index contributed by atoms with van der Waals surface area (Å²) in [6.07, 6.45) is 2.92. The van der Waals surface area contributed by atoms with Crippen LogP contribution in [0.2, 0.25) is 0 Å². The van der Waals surface area contributed by atoms with Gasteiger partial charge >= 0.3 is 0 Å². The van der Waals surface area contributed by atoms with E-state index in [2.05, 4.69) is 47.5 Å². The first-order valence-electron chi connectivity index (χ1n) is 12.0. The van der Waals surface area contributed by atoms with Gasteiger partial charge in [-0.25, -0.2) is 8.42 Å². The second-order valence-corrected chi connectivity index (χ2v) is 11.3. The van der Waals surface area contributed by atoms with Crippen molar-refractivity contribution < 1.29 is 18.0 Å². The topological polar surface area (TPSA) is 95.6 Å². The average molecular weight is 506 g/mol. The number of hydrogen-bond acceptors (Lipinski definition) is 4. The first-order valence-corrected chi connectivity index (χ1v) is 13.4. The second-order valence-electron chi connectivity index (χ2n) is 9.37. The van der Waals surface area contributed by atoms with Gasteiger partial charge in [-0.15, -0.1) is 0 Å². The highest BCUT2D eigenvalue weighted by molar-refractivity contribution is 7.89. The molecule has 0 radical (unpaired) electrons. The van der Waals surface area contributed by atoms with E-state index < -0.39 is 15.6 Å². The van der Waals surface area contributed by atoms with E-state index >= 15 is 0 Å². The Balaban J connectivity index is 1.32. The van der Waals surface area contributed by atoms with E-state index in [9.17, 15) is 18.0 Å². The molecule has 0 atom stereocenters. The van der Waals surface area contributed by atoms with Crippen molar-refractivity contribution in [2.45, 2.75) is 36.6 Å². The van der Waals surface area contributed by atoms with Gasteiger partial charge in [-0.05, 0) is 72.9 Å². The molecule has 1 aliphatic heterocycles. The van der Waals surface area contributed by atoms with Crippen molar-refractivity contribution in [1.82, 2.24) is 14.9 Å². The molecule has 2 amide bonds. The molecule has 8 heteroatoms. The van der Waals surface area contributed by atoms with E-state index in [0.29, 0.717) is 44.5 Å². The van der Waals surface area contributed by atoms with Crippen LogP contribution < -0.4 is 10.6 Å². The number of amides is 2. The highest BCUT2D eigenvalue weighted by atomic mass is 32.2. The van der Waals surface area contributed by atoms with Gasteiger partial charge in [0.15, 0.2) is 0 Å². The van der Waals surface area contributed by atoms with E-state index in [4.69, 9.17) is 0 Å². The number of piperidine rings is 1. The van der Waals surface area contributed by atoms with E-state index in [1.807, 2.05) is 19.1 Å². The lowest BCUT2D eigenvalue weighted by atomic mass is 9.90. The zero-order valence-electron chi connectivity index (χ0n) is 20.4. The van der Waals surface area contributed by atoms with Gasteiger partial charge in [-0.2, -0.15) is 4.31 Å². The number of nitrogens with zero attached hydrogens (tertiary/aromatic N) is 1. The molecule has 7 nitrogen and oxygen atoms in total. The lowest BCUT2D eigenvalue weighted by molar-refractivity contribution is -0.118. The zero-order valence-corrected chi connectivity index (χ0v) is 21.2. The molecule has 0 aromatic heterocycles. The minimum absolute atomic E-state index is 0.147. The molecule has 1 aliphatic rings. The lowest BCUT2D eigenvalue weighted by Gasteiger charge is -2.39. The summed E-state index contributed by atoms with van der Waals surface area (Å²) in [5.74, 6) is -0.508. The molecule has 0 bridgehead atoms. The Morgan fingerprint density at radius 1 is 1.00 bits per heavy atom. The third-order valence-electron chi connectivity index (χ3n) is 6.70. The standard InChI is InChI=1S/C28H31N3O4S/c1-3-26(32)30-28(2)15-18-31(19-16-28)36(34,35)25-12-10-23(11-13-25)27(33)29-17-14-21-8-9-22-6-4-5-7-24(22)20-21/h3-13,20H,1,14-19H2,2H3,(H,29,33)(H,30,32). The third kappa shape index (κ3) is 5.83. The van der Waals surface area contributed by atoms with Crippen LogP contribution in [0.5, 0.6) is 0 Å². The molecule has 36 heavy (non-hydrogen) atoms. The highest BCUT2D eigenvalue weighted by Crippen LogP contribution is 2.27. The van der Waals surface area contributed by atoms with Crippen LogP contribution in [0.1, 0.15) is 35.7 Å². The van der Waals surface area contributed by atoms with Crippen molar-refractivity contribution in [3.8, 4) is 0 Å². The minimum atomic E-state index is -3.69. The van der Waals surface area contributed by atoms with Gasteiger partial charge in [0.25, 0.3) is 5.91 Å². The van der Waals surface area contributed by atoms with Crippen molar-refractivity contribution in [2.75, 3.05) is 19.6 Å². The Kier molecular flexibility index (Phi) is 7.56. The number of carbonyl (C=O) groups excluding carboxylic acids is 2. The van der Waals surface area contributed by atoms with Crippen LogP contribution in [0.15, 0.2) is 84.3 Å². The summed E-state index contributed by atoms with van der Waals surface area (Å²) in [4.78, 5) is 24.4. The summed E-state index contributed by atoms with van der Waals surface area (Å²) in [5.41, 5.74) is 1.08. The Hall–Kier alpha value is -3.49. The van der Waals surface area contributed by atoms with Crippen LogP contribution in [0, 0.1) is 0 Å². The van der Waals surface area contributed by atoms with Crippen molar-refractivity contribution in [3.05, 3.63) is 90.5 Å². The molecule has 0 aliphatic carbocycles. The zero-order chi connectivity index (χ0) is 25.8. The summed E-state index contributed by atoms with van der Waals surface area (Å²) in [6.45, 7) is 6.45. The molecule has 2 N–H and O–H groups in total. The summed E-state index contributed by atoms with van der Waals surface area (Å²) < 4.78 is 27.6. The van der Waals surface area contributed by atoms with Gasteiger partial charge in [0.1, 0.15) is 0 Å². The molecule has 1 heterocycles. The first-order chi connectivity index (χ1) is 17.2. The average Bonchev–Trinajstić information content (AvgIpc) is 2.88. The van der Waals surface area contributed by atoms with Crippen LogP contribution in [-0.4, -0.2) is 49.7 Å². The van der Waals surface area contributed by atoms with Gasteiger partial charge in [0.05, 0.1) is 4.90 Å². The fourth-order valence-corrected chi connectivity index (χ4v) is 5.88. The van der Waals surface area contributed by atoms with Gasteiger partial charge in [0.2, 0.25) is 15.9 Å². The first kappa shape index (κ1) is 25.6. The van der Waals surface area contributed by atoms with Gasteiger partial charge in [0, 0.05) is 30.7 Å². The quantitative estimate of drug-likeness (QED) is 0.457. The largest absolute Gasteiger partial charge is 0.352 e. The molecule has 3 aromatic carbocycles. The molecular formula is C28H31N3O4S.